The second-order valence-electron chi connectivity index (χ2n) is 3.36. The van der Waals surface area contributed by atoms with Gasteiger partial charge in [0.1, 0.15) is 0 Å². The lowest BCUT2D eigenvalue weighted by Crippen LogP contribution is -2.30. The minimum Gasteiger partial charge on any atom is -0.289 e. The molecule has 0 aliphatic rings. The summed E-state index contributed by atoms with van der Waals surface area (Å²) in [6, 6.07) is 5.76. The van der Waals surface area contributed by atoms with Crippen LogP contribution in [-0.2, 0) is 6.54 Å². The fourth-order valence-corrected chi connectivity index (χ4v) is 2.06. The van der Waals surface area contributed by atoms with Crippen LogP contribution in [0.4, 0.5) is 0 Å². The number of aryl methyl sites for hydroxylation is 1. The largest absolute Gasteiger partial charge is 0.289 e. The Morgan fingerprint density at radius 3 is 3.11 bits per heavy atom. The number of hydrazine groups is 1. The summed E-state index contributed by atoms with van der Waals surface area (Å²) < 4.78 is 1.60. The molecule has 2 aromatic heterocycles. The van der Waals surface area contributed by atoms with Crippen molar-refractivity contribution in [2.24, 2.45) is 5.84 Å². The number of carbonyl (C=O) groups excluding carboxylic acids is 1. The zero-order valence-electron chi connectivity index (χ0n) is 9.48. The van der Waals surface area contributed by atoms with E-state index < -0.39 is 5.91 Å². The van der Waals surface area contributed by atoms with Crippen molar-refractivity contribution in [1.29, 1.82) is 0 Å². The molecule has 2 rings (SSSR count). The number of pyridine rings is 1. The van der Waals surface area contributed by atoms with Crippen molar-refractivity contribution in [2.75, 3.05) is 5.75 Å². The minimum atomic E-state index is -0.446. The van der Waals surface area contributed by atoms with E-state index in [4.69, 9.17) is 5.84 Å². The molecule has 0 fully saturated rings. The van der Waals surface area contributed by atoms with E-state index in [-0.39, 0.29) is 5.69 Å². The predicted molar refractivity (Wildman–Crippen MR) is 66.6 cm³/mol. The maximum atomic E-state index is 11.2. The lowest BCUT2D eigenvalue weighted by molar-refractivity contribution is 0.0948. The van der Waals surface area contributed by atoms with Gasteiger partial charge in [0.05, 0.1) is 17.8 Å². The van der Waals surface area contributed by atoms with E-state index in [9.17, 15) is 4.79 Å². The average Bonchev–Trinajstić information content (AvgIpc) is 2.88. The van der Waals surface area contributed by atoms with Crippen molar-refractivity contribution < 1.29 is 4.79 Å². The van der Waals surface area contributed by atoms with Gasteiger partial charge in [0, 0.05) is 11.9 Å². The van der Waals surface area contributed by atoms with Gasteiger partial charge in [-0.1, -0.05) is 11.3 Å². The van der Waals surface area contributed by atoms with Crippen molar-refractivity contribution in [3.05, 3.63) is 36.3 Å². The Morgan fingerprint density at radius 1 is 1.50 bits per heavy atom. The summed E-state index contributed by atoms with van der Waals surface area (Å²) in [5.41, 5.74) is 2.22. The van der Waals surface area contributed by atoms with Crippen LogP contribution < -0.4 is 11.3 Å². The first-order chi connectivity index (χ1) is 8.79. The molecule has 0 spiro atoms. The number of nitrogens with one attached hydrogen (secondary N) is 1. The number of nitrogen functional groups attached to an aromatic ring is 1. The number of amides is 1. The van der Waals surface area contributed by atoms with E-state index in [1.807, 2.05) is 23.6 Å². The van der Waals surface area contributed by atoms with Crippen molar-refractivity contribution >= 4 is 17.7 Å². The number of carbonyl (C=O) groups is 1. The van der Waals surface area contributed by atoms with Gasteiger partial charge in [-0.15, -0.1) is 16.9 Å². The number of hydrogen-bond donors (Lipinski definition) is 2. The summed E-state index contributed by atoms with van der Waals surface area (Å²) in [6.07, 6.45) is 3.31. The highest BCUT2D eigenvalue weighted by Crippen LogP contribution is 2.13. The zero-order valence-corrected chi connectivity index (χ0v) is 10.3. The van der Waals surface area contributed by atoms with Gasteiger partial charge in [-0.2, -0.15) is 0 Å². The van der Waals surface area contributed by atoms with Gasteiger partial charge in [-0.3, -0.25) is 14.9 Å². The monoisotopic (exact) mass is 264 g/mol. The van der Waals surface area contributed by atoms with E-state index in [1.165, 1.54) is 0 Å². The SMILES string of the molecule is NNC(=O)c1cn(CCSc2ccccn2)nn1. The molecule has 0 aliphatic carbocycles. The molecule has 2 heterocycles. The first-order valence-corrected chi connectivity index (χ1v) is 6.23. The van der Waals surface area contributed by atoms with Gasteiger partial charge in [0.2, 0.25) is 0 Å². The smallest absolute Gasteiger partial charge is 0.287 e. The van der Waals surface area contributed by atoms with Gasteiger partial charge in [0.25, 0.3) is 5.91 Å². The van der Waals surface area contributed by atoms with Crippen LogP contribution in [0.15, 0.2) is 35.6 Å². The van der Waals surface area contributed by atoms with Crippen molar-refractivity contribution in [3.8, 4) is 0 Å². The molecule has 0 unspecified atom stereocenters. The number of hydrogen-bond acceptors (Lipinski definition) is 6. The van der Waals surface area contributed by atoms with Crippen LogP contribution in [0, 0.1) is 0 Å². The molecule has 94 valence electrons. The van der Waals surface area contributed by atoms with E-state index in [0.717, 1.165) is 10.8 Å². The average molecular weight is 264 g/mol. The van der Waals surface area contributed by atoms with Crippen LogP contribution in [0.5, 0.6) is 0 Å². The molecule has 18 heavy (non-hydrogen) atoms. The molecule has 0 radical (unpaired) electrons. The third-order valence-corrected chi connectivity index (χ3v) is 3.03. The fourth-order valence-electron chi connectivity index (χ4n) is 1.26. The fraction of sp³-hybridized carbons (Fsp3) is 0.200. The second-order valence-corrected chi connectivity index (χ2v) is 4.47. The van der Waals surface area contributed by atoms with Gasteiger partial charge in [0.15, 0.2) is 5.69 Å². The Bertz CT molecular complexity index is 514. The minimum absolute atomic E-state index is 0.209. The van der Waals surface area contributed by atoms with E-state index in [1.54, 1.807) is 28.8 Å². The summed E-state index contributed by atoms with van der Waals surface area (Å²) >= 11 is 1.61. The van der Waals surface area contributed by atoms with Crippen LogP contribution in [0.1, 0.15) is 10.5 Å². The summed E-state index contributed by atoms with van der Waals surface area (Å²) in [6.45, 7) is 0.645. The molecule has 0 aromatic carbocycles. The molecule has 2 aromatic rings. The molecule has 0 saturated heterocycles. The Kier molecular flexibility index (Phi) is 4.26. The van der Waals surface area contributed by atoms with Crippen LogP contribution in [0.3, 0.4) is 0 Å². The number of nitrogens with two attached hydrogens (primary N) is 1. The van der Waals surface area contributed by atoms with E-state index in [0.29, 0.717) is 6.54 Å². The normalized spacial score (nSPS) is 10.3. The van der Waals surface area contributed by atoms with Crippen LogP contribution >= 0.6 is 11.8 Å². The lowest BCUT2D eigenvalue weighted by Gasteiger charge is -2.00. The third kappa shape index (κ3) is 3.28. The summed E-state index contributed by atoms with van der Waals surface area (Å²) in [5.74, 6) is 5.35. The number of thioether (sulfide) groups is 1. The summed E-state index contributed by atoms with van der Waals surface area (Å²) in [7, 11) is 0. The van der Waals surface area contributed by atoms with Crippen LogP contribution in [0.2, 0.25) is 0 Å². The molecular formula is C10H12N6OS. The highest BCUT2D eigenvalue weighted by Gasteiger charge is 2.08. The maximum absolute atomic E-state index is 11.2. The van der Waals surface area contributed by atoms with E-state index >= 15 is 0 Å². The van der Waals surface area contributed by atoms with Crippen molar-refractivity contribution in [1.82, 2.24) is 25.4 Å². The predicted octanol–water partition coefficient (Wildman–Crippen LogP) is 0.0689. The topological polar surface area (TPSA) is 98.7 Å². The number of rotatable bonds is 5. The molecule has 7 nitrogen and oxygen atoms in total. The van der Waals surface area contributed by atoms with Crippen molar-refractivity contribution in [3.63, 3.8) is 0 Å². The molecule has 0 aliphatic heterocycles. The molecular weight excluding hydrogens is 252 g/mol. The highest BCUT2D eigenvalue weighted by molar-refractivity contribution is 7.99. The Hall–Kier alpha value is -1.93. The molecule has 8 heteroatoms. The van der Waals surface area contributed by atoms with Gasteiger partial charge < -0.3 is 0 Å². The van der Waals surface area contributed by atoms with E-state index in [2.05, 4.69) is 15.3 Å². The second kappa shape index (κ2) is 6.12. The zero-order chi connectivity index (χ0) is 12.8. The standard InChI is InChI=1S/C10H12N6OS/c11-13-10(17)8-7-16(15-14-8)5-6-18-9-3-1-2-4-12-9/h1-4,7H,5-6,11H2,(H,13,17). The Balaban J connectivity index is 1.84. The third-order valence-electron chi connectivity index (χ3n) is 2.11. The van der Waals surface area contributed by atoms with Gasteiger partial charge in [-0.05, 0) is 12.1 Å². The molecule has 1 amide bonds. The van der Waals surface area contributed by atoms with Gasteiger partial charge >= 0.3 is 0 Å². The number of nitrogens with zero attached hydrogens (tertiary/aromatic N) is 4. The van der Waals surface area contributed by atoms with Gasteiger partial charge in [-0.25, -0.2) is 10.8 Å². The number of aromatic nitrogens is 4. The first kappa shape index (κ1) is 12.5. The maximum Gasteiger partial charge on any atom is 0.287 e. The Morgan fingerprint density at radius 2 is 2.39 bits per heavy atom. The first-order valence-electron chi connectivity index (χ1n) is 5.24. The quantitative estimate of drug-likeness (QED) is 0.343. The molecule has 0 atom stereocenters. The molecule has 0 saturated carbocycles. The highest BCUT2D eigenvalue weighted by atomic mass is 32.2. The lowest BCUT2D eigenvalue weighted by atomic mass is 10.5. The van der Waals surface area contributed by atoms with Crippen LogP contribution in [0.25, 0.3) is 0 Å². The summed E-state index contributed by atoms with van der Waals surface area (Å²) in [4.78, 5) is 15.3. The molecule has 0 bridgehead atoms. The van der Waals surface area contributed by atoms with Crippen molar-refractivity contribution in [2.45, 2.75) is 11.6 Å². The van der Waals surface area contributed by atoms with Crippen LogP contribution in [-0.4, -0.2) is 31.6 Å². The molecule has 3 N–H and O–H groups in total. The Labute approximate surface area is 108 Å². The summed E-state index contributed by atoms with van der Waals surface area (Å²) in [5, 5.41) is 8.50.